The Morgan fingerprint density at radius 1 is 1.29 bits per heavy atom. The normalized spacial score (nSPS) is 17.6. The molecule has 2 aromatic rings. The van der Waals surface area contributed by atoms with Crippen LogP contribution in [0.25, 0.3) is 10.8 Å². The Labute approximate surface area is 166 Å². The van der Waals surface area contributed by atoms with E-state index < -0.39 is 6.04 Å². The van der Waals surface area contributed by atoms with Crippen LogP contribution in [-0.2, 0) is 16.0 Å². The van der Waals surface area contributed by atoms with Gasteiger partial charge >= 0.3 is 0 Å². The lowest BCUT2D eigenvalue weighted by Crippen LogP contribution is -2.58. The standard InChI is InChI=1S/C22H29N3O3/c1-15(2)25-13-12-24-22(27)19(25)14-21(26)23-11-10-18-17-7-5-4-6-16(17)8-9-20(18)28-3/h4-9,15,19H,10-14H2,1-3H3,(H,23,26)(H,24,27)/t19-/m1/s1. The molecular formula is C22H29N3O3. The van der Waals surface area contributed by atoms with E-state index in [1.54, 1.807) is 7.11 Å². The first-order valence-corrected chi connectivity index (χ1v) is 9.86. The zero-order valence-electron chi connectivity index (χ0n) is 16.8. The van der Waals surface area contributed by atoms with E-state index in [0.29, 0.717) is 19.5 Å². The number of hydrogen-bond acceptors (Lipinski definition) is 4. The van der Waals surface area contributed by atoms with Crippen molar-refractivity contribution in [3.05, 3.63) is 42.0 Å². The van der Waals surface area contributed by atoms with E-state index in [2.05, 4.69) is 41.5 Å². The van der Waals surface area contributed by atoms with Crippen LogP contribution < -0.4 is 15.4 Å². The van der Waals surface area contributed by atoms with Crippen LogP contribution in [0.4, 0.5) is 0 Å². The van der Waals surface area contributed by atoms with Gasteiger partial charge in [0.1, 0.15) is 5.75 Å². The minimum atomic E-state index is -0.402. The van der Waals surface area contributed by atoms with Gasteiger partial charge < -0.3 is 15.4 Å². The first-order chi connectivity index (χ1) is 13.5. The summed E-state index contributed by atoms with van der Waals surface area (Å²) in [7, 11) is 1.66. The molecule has 28 heavy (non-hydrogen) atoms. The van der Waals surface area contributed by atoms with Crippen molar-refractivity contribution in [1.29, 1.82) is 0 Å². The molecule has 1 fully saturated rings. The third-order valence-corrected chi connectivity index (χ3v) is 5.33. The van der Waals surface area contributed by atoms with E-state index in [-0.39, 0.29) is 24.3 Å². The number of benzene rings is 2. The zero-order valence-corrected chi connectivity index (χ0v) is 16.8. The minimum Gasteiger partial charge on any atom is -0.496 e. The van der Waals surface area contributed by atoms with Crippen molar-refractivity contribution < 1.29 is 14.3 Å². The number of carbonyl (C=O) groups is 2. The van der Waals surface area contributed by atoms with Crippen LogP contribution in [0.2, 0.25) is 0 Å². The van der Waals surface area contributed by atoms with Crippen molar-refractivity contribution in [3.8, 4) is 5.75 Å². The highest BCUT2D eigenvalue weighted by Gasteiger charge is 2.32. The number of nitrogens with one attached hydrogen (secondary N) is 2. The van der Waals surface area contributed by atoms with Crippen LogP contribution in [0, 0.1) is 0 Å². The summed E-state index contributed by atoms with van der Waals surface area (Å²) >= 11 is 0. The Morgan fingerprint density at radius 2 is 2.07 bits per heavy atom. The molecule has 2 amide bonds. The van der Waals surface area contributed by atoms with Crippen molar-refractivity contribution in [2.24, 2.45) is 0 Å². The van der Waals surface area contributed by atoms with Crippen LogP contribution in [0.5, 0.6) is 5.75 Å². The Kier molecular flexibility index (Phi) is 6.52. The zero-order chi connectivity index (χ0) is 20.1. The number of ether oxygens (including phenoxy) is 1. The smallest absolute Gasteiger partial charge is 0.237 e. The molecule has 0 saturated carbocycles. The molecule has 0 bridgehead atoms. The van der Waals surface area contributed by atoms with Gasteiger partial charge in [0.15, 0.2) is 0 Å². The largest absolute Gasteiger partial charge is 0.496 e. The van der Waals surface area contributed by atoms with E-state index in [0.717, 1.165) is 28.6 Å². The van der Waals surface area contributed by atoms with Gasteiger partial charge in [0, 0.05) is 31.2 Å². The lowest BCUT2D eigenvalue weighted by molar-refractivity contribution is -0.134. The molecule has 0 aromatic heterocycles. The SMILES string of the molecule is COc1ccc2ccccc2c1CCNC(=O)C[C@@H]1C(=O)NCCN1C(C)C. The lowest BCUT2D eigenvalue weighted by Gasteiger charge is -2.37. The summed E-state index contributed by atoms with van der Waals surface area (Å²) in [5, 5.41) is 8.12. The number of nitrogens with zero attached hydrogens (tertiary/aromatic N) is 1. The topological polar surface area (TPSA) is 70.7 Å². The van der Waals surface area contributed by atoms with Gasteiger partial charge in [0.2, 0.25) is 11.8 Å². The van der Waals surface area contributed by atoms with Gasteiger partial charge in [-0.15, -0.1) is 0 Å². The second-order valence-corrected chi connectivity index (χ2v) is 7.41. The van der Waals surface area contributed by atoms with Gasteiger partial charge in [0.25, 0.3) is 0 Å². The lowest BCUT2D eigenvalue weighted by atomic mass is 10.0. The number of rotatable bonds is 7. The number of hydrogen-bond donors (Lipinski definition) is 2. The van der Waals surface area contributed by atoms with Gasteiger partial charge in [-0.3, -0.25) is 14.5 Å². The van der Waals surface area contributed by atoms with Crippen LogP contribution in [-0.4, -0.2) is 55.5 Å². The predicted octanol–water partition coefficient (Wildman–Crippen LogP) is 2.11. The molecule has 3 rings (SSSR count). The predicted molar refractivity (Wildman–Crippen MR) is 110 cm³/mol. The Bertz CT molecular complexity index is 850. The van der Waals surface area contributed by atoms with Gasteiger partial charge in [0.05, 0.1) is 19.6 Å². The molecule has 0 spiro atoms. The van der Waals surface area contributed by atoms with E-state index in [9.17, 15) is 9.59 Å². The van der Waals surface area contributed by atoms with Crippen LogP contribution in [0.15, 0.2) is 36.4 Å². The fraction of sp³-hybridized carbons (Fsp3) is 0.455. The van der Waals surface area contributed by atoms with Gasteiger partial charge in [-0.1, -0.05) is 30.3 Å². The third-order valence-electron chi connectivity index (χ3n) is 5.33. The van der Waals surface area contributed by atoms with Crippen LogP contribution in [0.3, 0.4) is 0 Å². The summed E-state index contributed by atoms with van der Waals surface area (Å²) in [4.78, 5) is 26.8. The molecule has 2 N–H and O–H groups in total. The molecule has 0 radical (unpaired) electrons. The molecule has 6 nitrogen and oxygen atoms in total. The highest BCUT2D eigenvalue weighted by atomic mass is 16.5. The number of piperazine rings is 1. The molecule has 1 atom stereocenters. The maximum atomic E-state index is 12.5. The van der Waals surface area contributed by atoms with E-state index in [1.165, 1.54) is 0 Å². The van der Waals surface area contributed by atoms with Gasteiger partial charge in [-0.25, -0.2) is 0 Å². The number of methoxy groups -OCH3 is 1. The third kappa shape index (κ3) is 4.44. The molecule has 2 aromatic carbocycles. The monoisotopic (exact) mass is 383 g/mol. The highest BCUT2D eigenvalue weighted by Crippen LogP contribution is 2.28. The molecule has 0 unspecified atom stereocenters. The fourth-order valence-electron chi connectivity index (χ4n) is 3.90. The number of fused-ring (bicyclic) bond motifs is 1. The summed E-state index contributed by atoms with van der Waals surface area (Å²) in [6.45, 7) is 6.01. The highest BCUT2D eigenvalue weighted by molar-refractivity contribution is 5.89. The minimum absolute atomic E-state index is 0.0641. The molecule has 6 heteroatoms. The molecule has 1 aliphatic rings. The summed E-state index contributed by atoms with van der Waals surface area (Å²) in [6, 6.07) is 12.0. The summed E-state index contributed by atoms with van der Waals surface area (Å²) < 4.78 is 5.51. The summed E-state index contributed by atoms with van der Waals surface area (Å²) in [5.41, 5.74) is 1.08. The molecule has 1 aliphatic heterocycles. The Hall–Kier alpha value is -2.60. The average Bonchev–Trinajstić information content (AvgIpc) is 2.69. The molecule has 0 aliphatic carbocycles. The average molecular weight is 383 g/mol. The molecule has 1 heterocycles. The summed E-state index contributed by atoms with van der Waals surface area (Å²) in [6.07, 6.45) is 0.845. The van der Waals surface area contributed by atoms with Crippen LogP contribution in [0.1, 0.15) is 25.8 Å². The van der Waals surface area contributed by atoms with Gasteiger partial charge in [-0.2, -0.15) is 0 Å². The van der Waals surface area contributed by atoms with E-state index in [4.69, 9.17) is 4.74 Å². The van der Waals surface area contributed by atoms with Crippen molar-refractivity contribution in [2.45, 2.75) is 38.8 Å². The Morgan fingerprint density at radius 3 is 2.82 bits per heavy atom. The van der Waals surface area contributed by atoms with E-state index in [1.807, 2.05) is 24.3 Å². The van der Waals surface area contributed by atoms with Crippen LogP contribution >= 0.6 is 0 Å². The van der Waals surface area contributed by atoms with E-state index >= 15 is 0 Å². The molecule has 1 saturated heterocycles. The number of amides is 2. The first-order valence-electron chi connectivity index (χ1n) is 9.86. The molecular weight excluding hydrogens is 354 g/mol. The fourth-order valence-corrected chi connectivity index (χ4v) is 3.90. The van der Waals surface area contributed by atoms with Crippen molar-refractivity contribution in [2.75, 3.05) is 26.7 Å². The van der Waals surface area contributed by atoms with Crippen molar-refractivity contribution in [1.82, 2.24) is 15.5 Å². The maximum Gasteiger partial charge on any atom is 0.237 e. The van der Waals surface area contributed by atoms with Gasteiger partial charge in [-0.05, 0) is 37.1 Å². The summed E-state index contributed by atoms with van der Waals surface area (Å²) in [5.74, 6) is 0.656. The Balaban J connectivity index is 1.63. The molecule has 150 valence electrons. The van der Waals surface area contributed by atoms with Crippen molar-refractivity contribution >= 4 is 22.6 Å². The first kappa shape index (κ1) is 20.1. The van der Waals surface area contributed by atoms with Crippen molar-refractivity contribution in [3.63, 3.8) is 0 Å². The number of carbonyl (C=O) groups excluding carboxylic acids is 2. The maximum absolute atomic E-state index is 12.5. The quantitative estimate of drug-likeness (QED) is 0.768. The second-order valence-electron chi connectivity index (χ2n) is 7.41. The second kappa shape index (κ2) is 9.06.